The fourth-order valence-corrected chi connectivity index (χ4v) is 1.79. The van der Waals surface area contributed by atoms with Crippen LogP contribution in [0.5, 0.6) is 0 Å². The Morgan fingerprint density at radius 2 is 1.29 bits per heavy atom. The van der Waals surface area contributed by atoms with Crippen LogP contribution in [-0.2, 0) is 21.7 Å². The molecule has 0 saturated heterocycles. The molecule has 0 atom stereocenters. The molecule has 0 amide bonds. The molecule has 0 fully saturated rings. The molecule has 0 heterocycles. The van der Waals surface area contributed by atoms with Crippen LogP contribution in [0.15, 0.2) is 5.70 Å². The molecule has 0 bridgehead atoms. The largest absolute Gasteiger partial charge is 0.505 e. The van der Waals surface area contributed by atoms with Crippen molar-refractivity contribution in [3.63, 3.8) is 0 Å². The second-order valence-electron chi connectivity index (χ2n) is 6.71. The quantitative estimate of drug-likeness (QED) is 0.403. The van der Waals surface area contributed by atoms with Gasteiger partial charge in [-0.05, 0) is 27.7 Å². The van der Waals surface area contributed by atoms with Crippen molar-refractivity contribution in [3.05, 3.63) is 11.8 Å². The summed E-state index contributed by atoms with van der Waals surface area (Å²) in [6.07, 6.45) is 9.68. The van der Waals surface area contributed by atoms with E-state index >= 15 is 0 Å². The van der Waals surface area contributed by atoms with Crippen molar-refractivity contribution in [1.29, 1.82) is 0 Å². The van der Waals surface area contributed by atoms with Crippen LogP contribution in [0.4, 0.5) is 0 Å². The van der Waals surface area contributed by atoms with Crippen molar-refractivity contribution in [2.24, 2.45) is 0 Å². The van der Waals surface area contributed by atoms with Crippen LogP contribution in [0.25, 0.3) is 0 Å². The number of hydrogen-bond donors (Lipinski definition) is 2. The maximum absolute atomic E-state index is 8.06. The van der Waals surface area contributed by atoms with Crippen molar-refractivity contribution in [2.45, 2.75) is 98.6 Å². The van der Waals surface area contributed by atoms with Gasteiger partial charge in [-0.3, -0.25) is 5.70 Å². The molecule has 0 radical (unpaired) electrons. The normalized spacial score (nSPS) is 10.7. The summed E-state index contributed by atoms with van der Waals surface area (Å²) in [5.74, 6) is 0. The fraction of sp³-hybridized carbons (Fsp3) is 0.882. The van der Waals surface area contributed by atoms with Crippen LogP contribution in [-0.4, -0.2) is 30.5 Å². The molecule has 0 rings (SSSR count). The van der Waals surface area contributed by atoms with Crippen LogP contribution in [0, 0.1) is 6.08 Å². The van der Waals surface area contributed by atoms with Crippen LogP contribution in [0.3, 0.4) is 0 Å². The zero-order chi connectivity index (χ0) is 16.6. The number of allylic oxidation sites excluding steroid dienone is 1. The summed E-state index contributed by atoms with van der Waals surface area (Å²) in [6, 6.07) is 0. The van der Waals surface area contributed by atoms with Gasteiger partial charge in [0.05, 0.1) is 0 Å². The Morgan fingerprint density at radius 1 is 0.905 bits per heavy atom. The average Bonchev–Trinajstić information content (AvgIpc) is 2.20. The third kappa shape index (κ3) is 77.4. The van der Waals surface area contributed by atoms with Crippen molar-refractivity contribution in [3.8, 4) is 0 Å². The molecule has 21 heavy (non-hydrogen) atoms. The molecule has 0 aromatic rings. The summed E-state index contributed by atoms with van der Waals surface area (Å²) in [4.78, 5) is 0. The summed E-state index contributed by atoms with van der Waals surface area (Å²) in [6.45, 7) is 16.2. The van der Waals surface area contributed by atoms with Gasteiger partial charge in [-0.25, -0.2) is 0 Å². The molecule has 0 aromatic heterocycles. The van der Waals surface area contributed by atoms with Gasteiger partial charge in [0.1, 0.15) is 0 Å². The van der Waals surface area contributed by atoms with Crippen molar-refractivity contribution in [1.82, 2.24) is 0 Å². The van der Waals surface area contributed by atoms with E-state index in [2.05, 4.69) is 38.3 Å². The van der Waals surface area contributed by atoms with Gasteiger partial charge in [-0.1, -0.05) is 52.2 Å². The Morgan fingerprint density at radius 3 is 1.57 bits per heavy atom. The predicted molar refractivity (Wildman–Crippen MR) is 94.6 cm³/mol. The molecule has 0 aliphatic carbocycles. The van der Waals surface area contributed by atoms with E-state index in [-0.39, 0.29) is 33.9 Å². The first-order valence-electron chi connectivity index (χ1n) is 7.96. The first-order valence-corrected chi connectivity index (χ1v) is 11.5. The molecule has 2 nitrogen and oxygen atoms in total. The first-order chi connectivity index (χ1) is 9.02. The van der Waals surface area contributed by atoms with Gasteiger partial charge in [-0.2, -0.15) is 6.42 Å². The van der Waals surface area contributed by atoms with E-state index in [1.165, 1.54) is 32.1 Å². The van der Waals surface area contributed by atoms with Crippen molar-refractivity contribution >= 4 is 8.07 Å². The third-order valence-corrected chi connectivity index (χ3v) is 2.78. The Bertz CT molecular complexity index is 188. The smallest absolute Gasteiger partial charge is 0.0483 e. The maximum atomic E-state index is 8.06. The van der Waals surface area contributed by atoms with Crippen LogP contribution in [0.1, 0.15) is 66.7 Å². The van der Waals surface area contributed by atoms with Gasteiger partial charge in [0.2, 0.25) is 0 Å². The molecule has 0 aliphatic heterocycles. The van der Waals surface area contributed by atoms with Gasteiger partial charge < -0.3 is 16.3 Å². The van der Waals surface area contributed by atoms with Crippen LogP contribution in [0.2, 0.25) is 19.6 Å². The molecular formula is C17H39O2SiTi-. The SMILES string of the molecule is CC(C)O.CC(C)O.CCCCCC[C-]=C[Si](C)(C)C.[Ti]. The summed E-state index contributed by atoms with van der Waals surface area (Å²) in [5, 5.41) is 16.1. The summed E-state index contributed by atoms with van der Waals surface area (Å²) < 4.78 is 0. The summed E-state index contributed by atoms with van der Waals surface area (Å²) in [7, 11) is -0.962. The van der Waals surface area contributed by atoms with Gasteiger partial charge in [-0.15, -0.1) is 0 Å². The maximum Gasteiger partial charge on any atom is 0.0483 e. The Kier molecular flexibility index (Phi) is 29.0. The van der Waals surface area contributed by atoms with Gasteiger partial charge >= 0.3 is 0 Å². The van der Waals surface area contributed by atoms with Crippen LogP contribution >= 0.6 is 0 Å². The molecule has 0 unspecified atom stereocenters. The minimum absolute atomic E-state index is 0. The number of rotatable bonds is 6. The molecule has 4 heteroatoms. The van der Waals surface area contributed by atoms with E-state index in [9.17, 15) is 0 Å². The summed E-state index contributed by atoms with van der Waals surface area (Å²) >= 11 is 0. The Balaban J connectivity index is -0.000000134. The van der Waals surface area contributed by atoms with E-state index in [1.54, 1.807) is 27.7 Å². The number of aliphatic hydroxyl groups excluding tert-OH is 2. The molecule has 0 aliphatic rings. The van der Waals surface area contributed by atoms with Crippen molar-refractivity contribution < 1.29 is 31.9 Å². The second kappa shape index (κ2) is 20.6. The number of unbranched alkanes of at least 4 members (excludes halogenated alkanes) is 4. The third-order valence-electron chi connectivity index (χ3n) is 1.71. The predicted octanol–water partition coefficient (Wildman–Crippen LogP) is 4.97. The van der Waals surface area contributed by atoms with E-state index < -0.39 is 8.07 Å². The zero-order valence-electron chi connectivity index (χ0n) is 15.7. The first kappa shape index (κ1) is 29.6. The zero-order valence-corrected chi connectivity index (χ0v) is 18.2. The van der Waals surface area contributed by atoms with Gasteiger partial charge in [0.25, 0.3) is 0 Å². The second-order valence-corrected chi connectivity index (χ2v) is 11.7. The van der Waals surface area contributed by atoms with E-state index in [0.717, 1.165) is 0 Å². The van der Waals surface area contributed by atoms with Crippen molar-refractivity contribution in [2.75, 3.05) is 0 Å². The van der Waals surface area contributed by atoms with E-state index in [0.29, 0.717) is 0 Å². The minimum atomic E-state index is -0.962. The topological polar surface area (TPSA) is 40.5 Å². The number of hydrogen-bond acceptors (Lipinski definition) is 2. The number of aliphatic hydroxyl groups is 2. The monoisotopic (exact) mass is 351 g/mol. The molecule has 0 aromatic carbocycles. The Labute approximate surface area is 150 Å². The van der Waals surface area contributed by atoms with E-state index in [1.807, 2.05) is 0 Å². The molecule has 0 saturated carbocycles. The molecular weight excluding hydrogens is 312 g/mol. The summed E-state index contributed by atoms with van der Waals surface area (Å²) in [5.41, 5.74) is 2.33. The molecule has 2 N–H and O–H groups in total. The van der Waals surface area contributed by atoms with Crippen LogP contribution < -0.4 is 0 Å². The average molecular weight is 351 g/mol. The standard InChI is InChI=1S/C11H23Si.2C3H8O.Ti/c1-5-6-7-8-9-10-11-12(2,3)4;2*1-3(2)4;/h11H,5-9H2,1-4H3;2*3-4H,1-2H3;/q-1;;;. The fourth-order valence-electron chi connectivity index (χ4n) is 1.03. The van der Waals surface area contributed by atoms with E-state index in [4.69, 9.17) is 10.2 Å². The van der Waals surface area contributed by atoms with Gasteiger partial charge in [0.15, 0.2) is 0 Å². The Hall–Kier alpha value is 0.591. The molecule has 0 spiro atoms. The molecule has 128 valence electrons. The minimum Gasteiger partial charge on any atom is -0.505 e. The van der Waals surface area contributed by atoms with Gasteiger partial charge in [0, 0.05) is 42.0 Å².